The Bertz CT molecular complexity index is 1790. The fraction of sp³-hybridized carbons (Fsp3) is 0.286. The Morgan fingerprint density at radius 1 is 0.538 bits per heavy atom. The Labute approximate surface area is 304 Å². The Balaban J connectivity index is 1.05. The van der Waals surface area contributed by atoms with Crippen molar-refractivity contribution in [3.63, 3.8) is 0 Å². The lowest BCUT2D eigenvalue weighted by molar-refractivity contribution is 0.0548. The van der Waals surface area contributed by atoms with Gasteiger partial charge in [-0.15, -0.1) is 0 Å². The average Bonchev–Trinajstić information content (AvgIpc) is 3.79. The number of nitrogens with one attached hydrogen (secondary N) is 2. The van der Waals surface area contributed by atoms with Crippen molar-refractivity contribution in [2.45, 2.75) is 25.7 Å². The first-order valence-corrected chi connectivity index (χ1v) is 18.0. The molecule has 0 bridgehead atoms. The van der Waals surface area contributed by atoms with E-state index in [0.29, 0.717) is 26.4 Å². The summed E-state index contributed by atoms with van der Waals surface area (Å²) < 4.78 is 11.2. The summed E-state index contributed by atoms with van der Waals surface area (Å²) in [5.41, 5.74) is 15.0. The number of benzene rings is 3. The molecule has 266 valence electrons. The van der Waals surface area contributed by atoms with Crippen molar-refractivity contribution in [1.82, 2.24) is 20.7 Å². The number of nitrogens with zero attached hydrogens (tertiary/aromatic N) is 4. The summed E-state index contributed by atoms with van der Waals surface area (Å²) in [6, 6.07) is 27.3. The van der Waals surface area contributed by atoms with Gasteiger partial charge in [0.2, 0.25) is 0 Å². The van der Waals surface area contributed by atoms with E-state index in [1.807, 2.05) is 36.4 Å². The van der Waals surface area contributed by atoms with E-state index in [4.69, 9.17) is 9.47 Å². The Morgan fingerprint density at radius 3 is 1.33 bits per heavy atom. The second-order valence-corrected chi connectivity index (χ2v) is 13.1. The zero-order chi connectivity index (χ0) is 35.5. The first-order chi connectivity index (χ1) is 25.6. The second-order valence-electron chi connectivity index (χ2n) is 13.1. The zero-order valence-electron chi connectivity index (χ0n) is 29.3. The molecule has 0 unspecified atom stereocenters. The summed E-state index contributed by atoms with van der Waals surface area (Å²) >= 11 is 0. The molecular weight excluding hydrogens is 652 g/mol. The molecule has 0 radical (unpaired) electrons. The Kier molecular flexibility index (Phi) is 11.5. The fourth-order valence-electron chi connectivity index (χ4n) is 7.18. The van der Waals surface area contributed by atoms with Gasteiger partial charge in [0.25, 0.3) is 11.8 Å². The maximum Gasteiger partial charge on any atom is 0.272 e. The van der Waals surface area contributed by atoms with Crippen LogP contribution in [0.1, 0.15) is 57.5 Å². The smallest absolute Gasteiger partial charge is 0.272 e. The molecule has 2 amide bonds. The number of ether oxygens (including phenoxy) is 2. The second kappa shape index (κ2) is 17.1. The van der Waals surface area contributed by atoms with Gasteiger partial charge >= 0.3 is 0 Å². The van der Waals surface area contributed by atoms with E-state index in [2.05, 4.69) is 67.3 Å². The molecule has 2 aliphatic heterocycles. The summed E-state index contributed by atoms with van der Waals surface area (Å²) in [4.78, 5) is 31.5. The van der Waals surface area contributed by atoms with Crippen LogP contribution in [0.4, 0.5) is 0 Å². The van der Waals surface area contributed by atoms with Crippen molar-refractivity contribution in [3.8, 4) is 0 Å². The summed E-state index contributed by atoms with van der Waals surface area (Å²) in [7, 11) is 0. The third-order valence-electron chi connectivity index (χ3n) is 9.67. The number of rotatable bonds is 10. The molecule has 0 atom stereocenters. The predicted molar refractivity (Wildman–Crippen MR) is 205 cm³/mol. The van der Waals surface area contributed by atoms with Crippen molar-refractivity contribution in [2.24, 2.45) is 10.2 Å². The number of carbonyl (C=O) groups excluding carboxylic acids is 2. The molecule has 10 heteroatoms. The van der Waals surface area contributed by atoms with E-state index in [1.165, 1.54) is 11.1 Å². The third kappa shape index (κ3) is 8.47. The summed E-state index contributed by atoms with van der Waals surface area (Å²) in [5, 5.41) is 8.73. The van der Waals surface area contributed by atoms with Gasteiger partial charge in [0.15, 0.2) is 0 Å². The molecule has 0 saturated carbocycles. The highest BCUT2D eigenvalue weighted by atomic mass is 16.5. The van der Waals surface area contributed by atoms with Gasteiger partial charge in [-0.3, -0.25) is 9.59 Å². The quantitative estimate of drug-likeness (QED) is 0.198. The standard InChI is InChI=1S/C42H44N6O4/c49-41(45-43-29-35-17-15-33(27-31-9-3-1-4-10-31)39(35)47-19-23-51-24-20-47)37-13-7-8-14-38(37)42(50)46-44-30-36-18-16-34(28-32-11-5-2-6-12-32)40(36)48-21-25-52-26-22-48/h1-14,27-30H,15-26H2,(H,45,49)(H,46,50). The van der Waals surface area contributed by atoms with Crippen molar-refractivity contribution >= 4 is 36.4 Å². The van der Waals surface area contributed by atoms with Gasteiger partial charge in [0.1, 0.15) is 0 Å². The van der Waals surface area contributed by atoms with Gasteiger partial charge in [-0.2, -0.15) is 10.2 Å². The van der Waals surface area contributed by atoms with Gasteiger partial charge in [-0.05, 0) is 83.4 Å². The van der Waals surface area contributed by atoms with E-state index in [9.17, 15) is 9.59 Å². The lowest BCUT2D eigenvalue weighted by Gasteiger charge is -2.31. The molecule has 7 rings (SSSR count). The zero-order valence-corrected chi connectivity index (χ0v) is 29.3. The molecule has 4 aliphatic rings. The molecule has 3 aromatic carbocycles. The molecule has 10 nitrogen and oxygen atoms in total. The highest BCUT2D eigenvalue weighted by Crippen LogP contribution is 2.36. The van der Waals surface area contributed by atoms with Crippen LogP contribution in [0.3, 0.4) is 0 Å². The van der Waals surface area contributed by atoms with Crippen LogP contribution in [0.2, 0.25) is 0 Å². The normalized spacial score (nSPS) is 19.8. The van der Waals surface area contributed by atoms with Gasteiger partial charge in [-0.1, -0.05) is 72.8 Å². The lowest BCUT2D eigenvalue weighted by Crippen LogP contribution is -2.36. The van der Waals surface area contributed by atoms with Crippen LogP contribution >= 0.6 is 0 Å². The monoisotopic (exact) mass is 696 g/mol. The van der Waals surface area contributed by atoms with Crippen LogP contribution in [-0.2, 0) is 9.47 Å². The molecular formula is C42H44N6O4. The van der Waals surface area contributed by atoms with Crippen LogP contribution in [0.25, 0.3) is 12.2 Å². The first-order valence-electron chi connectivity index (χ1n) is 18.0. The summed E-state index contributed by atoms with van der Waals surface area (Å²) in [5.74, 6) is -0.942. The third-order valence-corrected chi connectivity index (χ3v) is 9.67. The highest BCUT2D eigenvalue weighted by Gasteiger charge is 2.27. The maximum absolute atomic E-state index is 13.4. The number of carbonyl (C=O) groups is 2. The number of hydrazone groups is 2. The van der Waals surface area contributed by atoms with Gasteiger partial charge in [0, 0.05) is 37.6 Å². The van der Waals surface area contributed by atoms with Gasteiger partial charge in [-0.25, -0.2) is 10.9 Å². The van der Waals surface area contributed by atoms with Crippen LogP contribution in [-0.4, -0.2) is 86.6 Å². The van der Waals surface area contributed by atoms with Crippen molar-refractivity contribution in [2.75, 3.05) is 52.6 Å². The number of morpholine rings is 2. The molecule has 2 heterocycles. The van der Waals surface area contributed by atoms with Gasteiger partial charge < -0.3 is 19.3 Å². The Morgan fingerprint density at radius 2 is 0.923 bits per heavy atom. The number of allylic oxidation sites excluding steroid dienone is 4. The van der Waals surface area contributed by atoms with Crippen molar-refractivity contribution in [3.05, 3.63) is 141 Å². The fourth-order valence-corrected chi connectivity index (χ4v) is 7.18. The molecule has 2 aliphatic carbocycles. The minimum Gasteiger partial charge on any atom is -0.378 e. The molecule has 2 saturated heterocycles. The topological polar surface area (TPSA) is 108 Å². The Hall–Kier alpha value is -5.58. The largest absolute Gasteiger partial charge is 0.378 e. The molecule has 3 aromatic rings. The predicted octanol–water partition coefficient (Wildman–Crippen LogP) is 6.05. The molecule has 52 heavy (non-hydrogen) atoms. The highest BCUT2D eigenvalue weighted by molar-refractivity contribution is 6.07. The number of amides is 2. The van der Waals surface area contributed by atoms with Crippen LogP contribution in [0, 0.1) is 0 Å². The van der Waals surface area contributed by atoms with Crippen LogP contribution < -0.4 is 10.9 Å². The van der Waals surface area contributed by atoms with E-state index >= 15 is 0 Å². The summed E-state index contributed by atoms with van der Waals surface area (Å²) in [6.07, 6.45) is 11.3. The maximum atomic E-state index is 13.4. The molecule has 2 fully saturated rings. The van der Waals surface area contributed by atoms with Crippen molar-refractivity contribution < 1.29 is 19.1 Å². The van der Waals surface area contributed by atoms with E-state index in [-0.39, 0.29) is 11.1 Å². The SMILES string of the molecule is O=C(NN=CC1=C(N2CCOCC2)C(=Cc2ccccc2)CC1)c1ccccc1C(=O)NN=CC1=C(N2CCOCC2)C(=Cc2ccccc2)CC1. The first kappa shape index (κ1) is 34.9. The van der Waals surface area contributed by atoms with Gasteiger partial charge in [0.05, 0.1) is 50.0 Å². The minimum atomic E-state index is -0.471. The molecule has 0 aromatic heterocycles. The minimum absolute atomic E-state index is 0.216. The molecule has 0 spiro atoms. The molecule has 2 N–H and O–H groups in total. The average molecular weight is 697 g/mol. The van der Waals surface area contributed by atoms with Crippen molar-refractivity contribution in [1.29, 1.82) is 0 Å². The van der Waals surface area contributed by atoms with E-state index < -0.39 is 11.8 Å². The van der Waals surface area contributed by atoms with E-state index in [1.54, 1.807) is 36.7 Å². The summed E-state index contributed by atoms with van der Waals surface area (Å²) in [6.45, 7) is 5.88. The number of hydrogen-bond acceptors (Lipinski definition) is 8. The van der Waals surface area contributed by atoms with Crippen LogP contribution in [0.5, 0.6) is 0 Å². The van der Waals surface area contributed by atoms with Crippen LogP contribution in [0.15, 0.2) is 129 Å². The van der Waals surface area contributed by atoms with E-state index in [0.717, 1.165) is 85.5 Å². The lowest BCUT2D eigenvalue weighted by atomic mass is 10.1. The number of hydrogen-bond donors (Lipinski definition) is 2.